The van der Waals surface area contributed by atoms with E-state index in [0.29, 0.717) is 13.1 Å². The Hall–Kier alpha value is -0.920. The number of hydrogen-bond acceptors (Lipinski definition) is 4. The maximum atomic E-state index is 12.1. The number of aliphatic hydroxyl groups excluding tert-OH is 1. The number of nitrogens with zero attached hydrogens (tertiary/aromatic N) is 2. The molecule has 1 aliphatic heterocycles. The molecule has 90 valence electrons. The molecule has 0 aromatic carbocycles. The predicted molar refractivity (Wildman–Crippen MR) is 57.2 cm³/mol. The molecule has 2 heterocycles. The molecule has 0 aliphatic carbocycles. The molecule has 16 heavy (non-hydrogen) atoms. The van der Waals surface area contributed by atoms with Gasteiger partial charge in [-0.1, -0.05) is 0 Å². The van der Waals surface area contributed by atoms with E-state index in [-0.39, 0.29) is 17.6 Å². The summed E-state index contributed by atoms with van der Waals surface area (Å²) < 4.78 is 25.6. The zero-order valence-electron chi connectivity index (χ0n) is 8.83. The molecule has 6 nitrogen and oxygen atoms in total. The molecular weight excluding hydrogens is 230 g/mol. The molecule has 1 aromatic rings. The molecule has 2 N–H and O–H groups in total. The highest BCUT2D eigenvalue weighted by Crippen LogP contribution is 2.21. The molecule has 0 saturated carbocycles. The van der Waals surface area contributed by atoms with Crippen LogP contribution in [0.15, 0.2) is 17.3 Å². The highest BCUT2D eigenvalue weighted by molar-refractivity contribution is 7.89. The lowest BCUT2D eigenvalue weighted by Crippen LogP contribution is -2.41. The Morgan fingerprint density at radius 2 is 2.44 bits per heavy atom. The van der Waals surface area contributed by atoms with E-state index in [1.807, 2.05) is 0 Å². The van der Waals surface area contributed by atoms with E-state index in [9.17, 15) is 8.42 Å². The van der Waals surface area contributed by atoms with Crippen LogP contribution >= 0.6 is 0 Å². The van der Waals surface area contributed by atoms with Crippen LogP contribution in [0.4, 0.5) is 0 Å². The Morgan fingerprint density at radius 1 is 1.62 bits per heavy atom. The second kappa shape index (κ2) is 4.52. The van der Waals surface area contributed by atoms with E-state index >= 15 is 0 Å². The Bertz CT molecular complexity index is 429. The van der Waals surface area contributed by atoms with Gasteiger partial charge in [-0.05, 0) is 24.8 Å². The van der Waals surface area contributed by atoms with Crippen LogP contribution in [0.25, 0.3) is 0 Å². The first-order valence-electron chi connectivity index (χ1n) is 5.25. The second-order valence-electron chi connectivity index (χ2n) is 3.97. The first-order valence-corrected chi connectivity index (χ1v) is 6.69. The molecule has 1 saturated heterocycles. The largest absolute Gasteiger partial charge is 0.396 e. The van der Waals surface area contributed by atoms with Gasteiger partial charge in [0.25, 0.3) is 10.0 Å². The summed E-state index contributed by atoms with van der Waals surface area (Å²) in [5.41, 5.74) is 0. The standard InChI is InChI=1S/C9H15N3O3S/c13-7-8-2-1-5-12(6-8)16(14,15)9-3-4-10-11-9/h3-4,8,13H,1-2,5-7H2,(H,10,11). The third-order valence-corrected chi connectivity index (χ3v) is 4.63. The summed E-state index contributed by atoms with van der Waals surface area (Å²) >= 11 is 0. The number of aromatic amines is 1. The lowest BCUT2D eigenvalue weighted by Gasteiger charge is -2.30. The van der Waals surface area contributed by atoms with Crippen molar-refractivity contribution in [1.29, 1.82) is 0 Å². The van der Waals surface area contributed by atoms with E-state index in [4.69, 9.17) is 5.11 Å². The smallest absolute Gasteiger partial charge is 0.259 e. The first kappa shape index (κ1) is 11.6. The Balaban J connectivity index is 2.18. The number of hydrogen-bond donors (Lipinski definition) is 2. The fourth-order valence-corrected chi connectivity index (χ4v) is 3.38. The van der Waals surface area contributed by atoms with Crippen LogP contribution in [-0.4, -0.2) is 47.7 Å². The summed E-state index contributed by atoms with van der Waals surface area (Å²) in [6.07, 6.45) is 3.09. The minimum absolute atomic E-state index is 0.0367. The number of aliphatic hydroxyl groups is 1. The monoisotopic (exact) mass is 245 g/mol. The van der Waals surface area contributed by atoms with Crippen LogP contribution in [-0.2, 0) is 10.0 Å². The number of nitrogens with one attached hydrogen (secondary N) is 1. The molecule has 2 rings (SSSR count). The minimum Gasteiger partial charge on any atom is -0.396 e. The van der Waals surface area contributed by atoms with Crippen molar-refractivity contribution in [2.75, 3.05) is 19.7 Å². The molecule has 7 heteroatoms. The molecule has 1 aliphatic rings. The van der Waals surface area contributed by atoms with Crippen molar-refractivity contribution in [2.24, 2.45) is 5.92 Å². The Kier molecular flexibility index (Phi) is 3.27. The summed E-state index contributed by atoms with van der Waals surface area (Å²) in [6.45, 7) is 0.935. The van der Waals surface area contributed by atoms with Gasteiger partial charge >= 0.3 is 0 Å². The van der Waals surface area contributed by atoms with Gasteiger partial charge in [-0.15, -0.1) is 0 Å². The Labute approximate surface area is 94.3 Å². The van der Waals surface area contributed by atoms with Gasteiger partial charge in [-0.3, -0.25) is 5.10 Å². The van der Waals surface area contributed by atoms with Crippen LogP contribution in [0.3, 0.4) is 0 Å². The number of H-pyrrole nitrogens is 1. The van der Waals surface area contributed by atoms with Gasteiger partial charge in [-0.25, -0.2) is 8.42 Å². The van der Waals surface area contributed by atoms with Crippen molar-refractivity contribution in [1.82, 2.24) is 14.5 Å². The van der Waals surface area contributed by atoms with Crippen molar-refractivity contribution in [3.8, 4) is 0 Å². The van der Waals surface area contributed by atoms with E-state index in [1.165, 1.54) is 16.6 Å². The van der Waals surface area contributed by atoms with Gasteiger partial charge in [0.05, 0.1) is 6.20 Å². The normalized spacial score (nSPS) is 23.4. The van der Waals surface area contributed by atoms with Crippen molar-refractivity contribution in [3.05, 3.63) is 12.3 Å². The van der Waals surface area contributed by atoms with E-state index in [2.05, 4.69) is 10.2 Å². The number of aromatic nitrogens is 2. The first-order chi connectivity index (χ1) is 7.64. The number of piperidine rings is 1. The summed E-state index contributed by atoms with van der Waals surface area (Å²) in [6, 6.07) is 1.44. The number of sulfonamides is 1. The average Bonchev–Trinajstić information content (AvgIpc) is 2.83. The lowest BCUT2D eigenvalue weighted by molar-refractivity contribution is 0.165. The van der Waals surface area contributed by atoms with Gasteiger partial charge < -0.3 is 5.11 Å². The molecule has 0 bridgehead atoms. The van der Waals surface area contributed by atoms with Crippen molar-refractivity contribution in [3.63, 3.8) is 0 Å². The summed E-state index contributed by atoms with van der Waals surface area (Å²) in [7, 11) is -3.46. The van der Waals surface area contributed by atoms with Gasteiger partial charge in [-0.2, -0.15) is 9.40 Å². The zero-order valence-corrected chi connectivity index (χ0v) is 9.65. The third kappa shape index (κ3) is 2.11. The summed E-state index contributed by atoms with van der Waals surface area (Å²) in [5, 5.41) is 15.3. The highest BCUT2D eigenvalue weighted by Gasteiger charge is 2.30. The summed E-state index contributed by atoms with van der Waals surface area (Å²) in [5.74, 6) is 0.0476. The highest BCUT2D eigenvalue weighted by atomic mass is 32.2. The SMILES string of the molecule is O=S(=O)(c1ccn[nH]1)N1CCCC(CO)C1. The Morgan fingerprint density at radius 3 is 3.06 bits per heavy atom. The summed E-state index contributed by atoms with van der Waals surface area (Å²) in [4.78, 5) is 0. The van der Waals surface area contributed by atoms with Gasteiger partial charge in [0.1, 0.15) is 0 Å². The van der Waals surface area contributed by atoms with Crippen LogP contribution in [0.1, 0.15) is 12.8 Å². The predicted octanol–water partition coefficient (Wildman–Crippen LogP) is -0.197. The molecule has 1 unspecified atom stereocenters. The van der Waals surface area contributed by atoms with Gasteiger partial charge in [0, 0.05) is 19.7 Å². The topological polar surface area (TPSA) is 86.3 Å². The minimum atomic E-state index is -3.46. The zero-order chi connectivity index (χ0) is 11.6. The second-order valence-corrected chi connectivity index (χ2v) is 5.88. The van der Waals surface area contributed by atoms with Crippen molar-refractivity contribution >= 4 is 10.0 Å². The van der Waals surface area contributed by atoms with Crippen LogP contribution < -0.4 is 0 Å². The van der Waals surface area contributed by atoms with Crippen LogP contribution in [0.5, 0.6) is 0 Å². The number of rotatable bonds is 3. The van der Waals surface area contributed by atoms with Gasteiger partial charge in [0.2, 0.25) is 0 Å². The molecule has 1 atom stereocenters. The van der Waals surface area contributed by atoms with E-state index < -0.39 is 10.0 Å². The molecule has 0 radical (unpaired) electrons. The van der Waals surface area contributed by atoms with E-state index in [0.717, 1.165) is 12.8 Å². The van der Waals surface area contributed by atoms with Crippen molar-refractivity contribution < 1.29 is 13.5 Å². The molecule has 1 fully saturated rings. The van der Waals surface area contributed by atoms with Gasteiger partial charge in [0.15, 0.2) is 5.03 Å². The maximum Gasteiger partial charge on any atom is 0.259 e. The van der Waals surface area contributed by atoms with Crippen LogP contribution in [0.2, 0.25) is 0 Å². The van der Waals surface area contributed by atoms with Crippen molar-refractivity contribution in [2.45, 2.75) is 17.9 Å². The molecule has 1 aromatic heterocycles. The quantitative estimate of drug-likeness (QED) is 0.772. The van der Waals surface area contributed by atoms with Crippen LogP contribution in [0, 0.1) is 5.92 Å². The molecule has 0 amide bonds. The fourth-order valence-electron chi connectivity index (χ4n) is 1.92. The lowest BCUT2D eigenvalue weighted by atomic mass is 10.0. The maximum absolute atomic E-state index is 12.1. The average molecular weight is 245 g/mol. The van der Waals surface area contributed by atoms with E-state index in [1.54, 1.807) is 0 Å². The fraction of sp³-hybridized carbons (Fsp3) is 0.667. The third-order valence-electron chi connectivity index (χ3n) is 2.83. The molecule has 0 spiro atoms. The molecular formula is C9H15N3O3S.